The summed E-state index contributed by atoms with van der Waals surface area (Å²) in [5.41, 5.74) is 0.0230. The molecule has 3 aromatic rings. The van der Waals surface area contributed by atoms with Crippen LogP contribution in [0.25, 0.3) is 5.69 Å². The third-order valence-electron chi connectivity index (χ3n) is 5.00. The van der Waals surface area contributed by atoms with Gasteiger partial charge in [0.05, 0.1) is 16.9 Å². The molecule has 0 saturated heterocycles. The number of nitrogens with one attached hydrogen (secondary N) is 1. The van der Waals surface area contributed by atoms with Crippen molar-refractivity contribution in [2.75, 3.05) is 19.4 Å². The molecule has 0 aliphatic rings. The van der Waals surface area contributed by atoms with Gasteiger partial charge >= 0.3 is 6.18 Å². The first-order valence-corrected chi connectivity index (χ1v) is 11.3. The van der Waals surface area contributed by atoms with E-state index in [9.17, 15) is 18.0 Å². The number of nitrogens with zero attached hydrogens (tertiary/aromatic N) is 4. The minimum absolute atomic E-state index is 0.0724. The number of thioether (sulfide) groups is 1. The molecule has 176 valence electrons. The third kappa shape index (κ3) is 6.07. The summed E-state index contributed by atoms with van der Waals surface area (Å²) < 4.78 is 40.7. The molecule has 6 nitrogen and oxygen atoms in total. The number of hydrogen-bond acceptors (Lipinski definition) is 5. The van der Waals surface area contributed by atoms with E-state index >= 15 is 0 Å². The molecule has 0 radical (unpaired) electrons. The standard InChI is InChI=1S/C22H23ClF3N5OS/c1-13(30(3)4)19-28-29-21(31(19)18-10-8-16(23)9-11-18)33-14(2)20(32)27-17-7-5-6-15(12-17)22(24,25)26/h5-14H,1-4H3,(H,27,32). The minimum atomic E-state index is -4.49. The molecule has 0 aliphatic carbocycles. The number of halogens is 4. The first-order valence-electron chi connectivity index (χ1n) is 10.00. The Morgan fingerprint density at radius 2 is 1.79 bits per heavy atom. The average Bonchev–Trinajstić information content (AvgIpc) is 3.16. The highest BCUT2D eigenvalue weighted by atomic mass is 35.5. The zero-order valence-electron chi connectivity index (χ0n) is 18.4. The van der Waals surface area contributed by atoms with Crippen molar-refractivity contribution in [2.24, 2.45) is 0 Å². The van der Waals surface area contributed by atoms with Crippen LogP contribution in [-0.2, 0) is 11.0 Å². The number of carbonyl (C=O) groups is 1. The molecule has 33 heavy (non-hydrogen) atoms. The number of amides is 1. The summed E-state index contributed by atoms with van der Waals surface area (Å²) in [6, 6.07) is 11.6. The zero-order valence-corrected chi connectivity index (χ0v) is 20.0. The molecule has 0 bridgehead atoms. The van der Waals surface area contributed by atoms with Gasteiger partial charge in [-0.3, -0.25) is 14.3 Å². The van der Waals surface area contributed by atoms with Crippen molar-refractivity contribution >= 4 is 35.0 Å². The van der Waals surface area contributed by atoms with Gasteiger partial charge in [0.15, 0.2) is 11.0 Å². The molecule has 0 saturated carbocycles. The Morgan fingerprint density at radius 3 is 2.39 bits per heavy atom. The van der Waals surface area contributed by atoms with E-state index in [0.29, 0.717) is 16.0 Å². The smallest absolute Gasteiger partial charge is 0.325 e. The minimum Gasteiger partial charge on any atom is -0.325 e. The molecular formula is C22H23ClF3N5OS. The second kappa shape index (κ2) is 10.1. The van der Waals surface area contributed by atoms with E-state index < -0.39 is 22.9 Å². The molecule has 0 spiro atoms. The predicted molar refractivity (Wildman–Crippen MR) is 124 cm³/mol. The SMILES string of the molecule is CC(Sc1nnc(C(C)N(C)C)n1-c1ccc(Cl)cc1)C(=O)Nc1cccc(C(F)(F)F)c1. The average molecular weight is 498 g/mol. The number of anilines is 1. The molecule has 2 aromatic carbocycles. The predicted octanol–water partition coefficient (Wildman–Crippen LogP) is 5.68. The van der Waals surface area contributed by atoms with Crippen molar-refractivity contribution in [3.63, 3.8) is 0 Å². The highest BCUT2D eigenvalue weighted by Gasteiger charge is 2.31. The van der Waals surface area contributed by atoms with E-state index in [1.165, 1.54) is 12.1 Å². The summed E-state index contributed by atoms with van der Waals surface area (Å²) in [4.78, 5) is 14.7. The van der Waals surface area contributed by atoms with Gasteiger partial charge in [0.25, 0.3) is 0 Å². The quantitative estimate of drug-likeness (QED) is 0.425. The van der Waals surface area contributed by atoms with Crippen LogP contribution in [0.1, 0.15) is 31.3 Å². The lowest BCUT2D eigenvalue weighted by Gasteiger charge is -2.21. The fraction of sp³-hybridized carbons (Fsp3) is 0.318. The lowest BCUT2D eigenvalue weighted by atomic mass is 10.2. The monoisotopic (exact) mass is 497 g/mol. The molecule has 2 unspecified atom stereocenters. The van der Waals surface area contributed by atoms with Crippen LogP contribution in [0.3, 0.4) is 0 Å². The van der Waals surface area contributed by atoms with Crippen LogP contribution in [0.15, 0.2) is 53.7 Å². The van der Waals surface area contributed by atoms with Crippen LogP contribution < -0.4 is 5.32 Å². The molecule has 2 atom stereocenters. The molecule has 3 rings (SSSR count). The summed E-state index contributed by atoms with van der Waals surface area (Å²) in [5, 5.41) is 11.6. The first-order chi connectivity index (χ1) is 15.5. The van der Waals surface area contributed by atoms with Gasteiger partial charge in [-0.25, -0.2) is 0 Å². The van der Waals surface area contributed by atoms with Crippen molar-refractivity contribution < 1.29 is 18.0 Å². The summed E-state index contributed by atoms with van der Waals surface area (Å²) in [7, 11) is 3.84. The van der Waals surface area contributed by atoms with Crippen molar-refractivity contribution in [1.82, 2.24) is 19.7 Å². The van der Waals surface area contributed by atoms with Gasteiger partial charge in [0.1, 0.15) is 0 Å². The topological polar surface area (TPSA) is 63.1 Å². The largest absolute Gasteiger partial charge is 0.416 e. The normalized spacial score (nSPS) is 13.7. The van der Waals surface area contributed by atoms with Gasteiger partial charge in [0, 0.05) is 16.4 Å². The summed E-state index contributed by atoms with van der Waals surface area (Å²) >= 11 is 7.19. The lowest BCUT2D eigenvalue weighted by molar-refractivity contribution is -0.137. The van der Waals surface area contributed by atoms with Gasteiger partial charge in [-0.05, 0) is 70.4 Å². The number of aromatic nitrogens is 3. The van der Waals surface area contributed by atoms with Gasteiger partial charge in [0.2, 0.25) is 5.91 Å². The van der Waals surface area contributed by atoms with E-state index in [-0.39, 0.29) is 11.7 Å². The highest BCUT2D eigenvalue weighted by molar-refractivity contribution is 8.00. The van der Waals surface area contributed by atoms with E-state index in [1.807, 2.05) is 42.6 Å². The van der Waals surface area contributed by atoms with E-state index in [1.54, 1.807) is 19.1 Å². The number of carbonyl (C=O) groups excluding carboxylic acids is 1. The molecule has 0 aliphatic heterocycles. The molecule has 1 amide bonds. The third-order valence-corrected chi connectivity index (χ3v) is 6.29. The van der Waals surface area contributed by atoms with Gasteiger partial charge < -0.3 is 5.32 Å². The van der Waals surface area contributed by atoms with E-state index in [4.69, 9.17) is 11.6 Å². The zero-order chi connectivity index (χ0) is 24.3. The number of rotatable bonds is 7. The fourth-order valence-corrected chi connectivity index (χ4v) is 3.92. The number of benzene rings is 2. The maximum absolute atomic E-state index is 13.0. The number of hydrogen-bond donors (Lipinski definition) is 1. The first kappa shape index (κ1) is 25.1. The van der Waals surface area contributed by atoms with Gasteiger partial charge in [-0.1, -0.05) is 29.4 Å². The Bertz CT molecular complexity index is 1120. The maximum atomic E-state index is 13.0. The molecule has 11 heteroatoms. The van der Waals surface area contributed by atoms with Crippen LogP contribution in [0, 0.1) is 0 Å². The molecule has 1 heterocycles. The van der Waals surface area contributed by atoms with Crippen LogP contribution >= 0.6 is 23.4 Å². The second-order valence-corrected chi connectivity index (χ2v) is 9.36. The van der Waals surface area contributed by atoms with Crippen molar-refractivity contribution in [2.45, 2.75) is 36.5 Å². The Hall–Kier alpha value is -2.56. The highest BCUT2D eigenvalue weighted by Crippen LogP contribution is 2.32. The Labute approximate surface area is 199 Å². The molecule has 1 aromatic heterocycles. The van der Waals surface area contributed by atoms with Crippen LogP contribution in [0.5, 0.6) is 0 Å². The van der Waals surface area contributed by atoms with Gasteiger partial charge in [-0.2, -0.15) is 13.2 Å². The van der Waals surface area contributed by atoms with Crippen LogP contribution in [-0.4, -0.2) is 44.9 Å². The van der Waals surface area contributed by atoms with Crippen LogP contribution in [0.4, 0.5) is 18.9 Å². The van der Waals surface area contributed by atoms with E-state index in [0.717, 1.165) is 29.6 Å². The number of alkyl halides is 3. The van der Waals surface area contributed by atoms with Gasteiger partial charge in [-0.15, -0.1) is 10.2 Å². The maximum Gasteiger partial charge on any atom is 0.416 e. The molecular weight excluding hydrogens is 475 g/mol. The summed E-state index contributed by atoms with van der Waals surface area (Å²) in [6.45, 7) is 3.64. The van der Waals surface area contributed by atoms with E-state index in [2.05, 4.69) is 15.5 Å². The summed E-state index contributed by atoms with van der Waals surface area (Å²) in [5.74, 6) is 0.225. The molecule has 1 N–H and O–H groups in total. The Morgan fingerprint density at radius 1 is 1.12 bits per heavy atom. The Kier molecular flexibility index (Phi) is 7.71. The van der Waals surface area contributed by atoms with Crippen LogP contribution in [0.2, 0.25) is 5.02 Å². The van der Waals surface area contributed by atoms with Crippen molar-refractivity contribution in [1.29, 1.82) is 0 Å². The summed E-state index contributed by atoms with van der Waals surface area (Å²) in [6.07, 6.45) is -4.49. The van der Waals surface area contributed by atoms with Crippen molar-refractivity contribution in [3.05, 3.63) is 64.9 Å². The van der Waals surface area contributed by atoms with Crippen molar-refractivity contribution in [3.8, 4) is 5.69 Å². The Balaban J connectivity index is 1.85. The fourth-order valence-electron chi connectivity index (χ4n) is 2.92. The second-order valence-electron chi connectivity index (χ2n) is 7.62. The lowest BCUT2D eigenvalue weighted by Crippen LogP contribution is -2.23. The molecule has 0 fully saturated rings.